The molecule has 3 heteroatoms. The Labute approximate surface area is 68.3 Å². The van der Waals surface area contributed by atoms with E-state index < -0.39 is 0 Å². The molecule has 0 bridgehead atoms. The third-order valence-electron chi connectivity index (χ3n) is 2.07. The molecule has 1 saturated heterocycles. The summed E-state index contributed by atoms with van der Waals surface area (Å²) >= 11 is 0. The number of ether oxygens (including phenoxy) is 1. The summed E-state index contributed by atoms with van der Waals surface area (Å²) in [5, 5.41) is 3.32. The zero-order valence-electron chi connectivity index (χ0n) is 7.18. The smallest absolute Gasteiger partial charge is 0.0700 e. The van der Waals surface area contributed by atoms with E-state index in [1.54, 1.807) is 0 Å². The first-order chi connectivity index (χ1) is 5.33. The lowest BCUT2D eigenvalue weighted by Gasteiger charge is -2.14. The van der Waals surface area contributed by atoms with E-state index in [1.165, 1.54) is 12.8 Å². The van der Waals surface area contributed by atoms with Gasteiger partial charge in [0.1, 0.15) is 0 Å². The largest absolute Gasteiger partial charge is 0.377 e. The van der Waals surface area contributed by atoms with E-state index in [1.807, 2.05) is 0 Å². The van der Waals surface area contributed by atoms with Gasteiger partial charge in [-0.05, 0) is 19.8 Å². The van der Waals surface area contributed by atoms with Crippen molar-refractivity contribution in [3.63, 3.8) is 0 Å². The zero-order valence-corrected chi connectivity index (χ0v) is 7.18. The van der Waals surface area contributed by atoms with Crippen molar-refractivity contribution in [1.82, 2.24) is 5.32 Å². The molecular formula is C8H18N2O. The van der Waals surface area contributed by atoms with Crippen LogP contribution in [-0.4, -0.2) is 31.8 Å². The average Bonchev–Trinajstić information content (AvgIpc) is 2.52. The van der Waals surface area contributed by atoms with Crippen molar-refractivity contribution < 1.29 is 4.74 Å². The van der Waals surface area contributed by atoms with Gasteiger partial charge in [-0.15, -0.1) is 0 Å². The van der Waals surface area contributed by atoms with Crippen LogP contribution < -0.4 is 11.1 Å². The molecule has 1 heterocycles. The lowest BCUT2D eigenvalue weighted by molar-refractivity contribution is 0.108. The van der Waals surface area contributed by atoms with Crippen LogP contribution in [0.3, 0.4) is 0 Å². The van der Waals surface area contributed by atoms with Crippen LogP contribution >= 0.6 is 0 Å². The minimum Gasteiger partial charge on any atom is -0.377 e. The van der Waals surface area contributed by atoms with Crippen molar-refractivity contribution in [3.05, 3.63) is 0 Å². The first kappa shape index (κ1) is 8.97. The quantitative estimate of drug-likeness (QED) is 0.610. The number of nitrogens with one attached hydrogen (secondary N) is 1. The van der Waals surface area contributed by atoms with Crippen molar-refractivity contribution in [2.75, 3.05) is 19.7 Å². The molecule has 1 fully saturated rings. The highest BCUT2D eigenvalue weighted by Crippen LogP contribution is 2.10. The van der Waals surface area contributed by atoms with Crippen molar-refractivity contribution in [2.45, 2.75) is 31.9 Å². The van der Waals surface area contributed by atoms with Crippen LogP contribution in [0.4, 0.5) is 0 Å². The molecule has 2 atom stereocenters. The molecule has 1 aliphatic heterocycles. The lowest BCUT2D eigenvalue weighted by Crippen LogP contribution is -2.38. The van der Waals surface area contributed by atoms with Gasteiger partial charge in [-0.3, -0.25) is 0 Å². The summed E-state index contributed by atoms with van der Waals surface area (Å²) in [4.78, 5) is 0. The Balaban J connectivity index is 2.01. The Hall–Kier alpha value is -0.120. The van der Waals surface area contributed by atoms with Crippen molar-refractivity contribution >= 4 is 0 Å². The van der Waals surface area contributed by atoms with Crippen LogP contribution in [-0.2, 0) is 4.74 Å². The van der Waals surface area contributed by atoms with E-state index in [9.17, 15) is 0 Å². The van der Waals surface area contributed by atoms with E-state index in [0.717, 1.165) is 13.2 Å². The highest BCUT2D eigenvalue weighted by molar-refractivity contribution is 4.70. The van der Waals surface area contributed by atoms with Crippen LogP contribution in [0.25, 0.3) is 0 Å². The van der Waals surface area contributed by atoms with Gasteiger partial charge < -0.3 is 15.8 Å². The molecular weight excluding hydrogens is 140 g/mol. The topological polar surface area (TPSA) is 47.3 Å². The van der Waals surface area contributed by atoms with Crippen LogP contribution in [0.15, 0.2) is 0 Å². The molecule has 1 rings (SSSR count). The van der Waals surface area contributed by atoms with Gasteiger partial charge in [0, 0.05) is 25.7 Å². The molecule has 3 N–H and O–H groups in total. The normalized spacial score (nSPS) is 27.3. The summed E-state index contributed by atoms with van der Waals surface area (Å²) in [6, 6.07) is 0.416. The molecule has 0 saturated carbocycles. The lowest BCUT2D eigenvalue weighted by atomic mass is 10.2. The molecule has 11 heavy (non-hydrogen) atoms. The Kier molecular flexibility index (Phi) is 3.83. The SMILES string of the molecule is CC(CN)NC[C@@H]1CCCO1. The Morgan fingerprint density at radius 2 is 2.55 bits per heavy atom. The molecule has 0 aromatic heterocycles. The standard InChI is InChI=1S/C8H18N2O/c1-7(5-9)10-6-8-3-2-4-11-8/h7-8,10H,2-6,9H2,1H3/t7?,8-/m0/s1. The maximum atomic E-state index is 5.45. The molecule has 66 valence electrons. The summed E-state index contributed by atoms with van der Waals surface area (Å²) in [7, 11) is 0. The highest BCUT2D eigenvalue weighted by atomic mass is 16.5. The van der Waals surface area contributed by atoms with Crippen LogP contribution in [0.1, 0.15) is 19.8 Å². The summed E-state index contributed by atoms with van der Waals surface area (Å²) in [5.41, 5.74) is 5.45. The number of hydrogen-bond acceptors (Lipinski definition) is 3. The molecule has 0 aromatic carbocycles. The fraction of sp³-hybridized carbons (Fsp3) is 1.00. The Bertz CT molecular complexity index is 102. The van der Waals surface area contributed by atoms with E-state index in [0.29, 0.717) is 18.7 Å². The second kappa shape index (κ2) is 4.70. The van der Waals surface area contributed by atoms with Crippen molar-refractivity contribution in [1.29, 1.82) is 0 Å². The average molecular weight is 158 g/mol. The molecule has 3 nitrogen and oxygen atoms in total. The number of nitrogens with two attached hydrogens (primary N) is 1. The van der Waals surface area contributed by atoms with Crippen molar-refractivity contribution in [2.24, 2.45) is 5.73 Å². The molecule has 0 radical (unpaired) electrons. The fourth-order valence-corrected chi connectivity index (χ4v) is 1.22. The summed E-state index contributed by atoms with van der Waals surface area (Å²) in [5.74, 6) is 0. The molecule has 0 spiro atoms. The Morgan fingerprint density at radius 3 is 3.09 bits per heavy atom. The maximum absolute atomic E-state index is 5.45. The number of hydrogen-bond donors (Lipinski definition) is 2. The molecule has 0 aliphatic carbocycles. The van der Waals surface area contributed by atoms with Gasteiger partial charge in [-0.2, -0.15) is 0 Å². The monoisotopic (exact) mass is 158 g/mol. The minimum atomic E-state index is 0.416. The first-order valence-corrected chi connectivity index (χ1v) is 4.38. The molecule has 1 unspecified atom stereocenters. The van der Waals surface area contributed by atoms with Gasteiger partial charge in [0.05, 0.1) is 6.10 Å². The van der Waals surface area contributed by atoms with Gasteiger partial charge >= 0.3 is 0 Å². The first-order valence-electron chi connectivity index (χ1n) is 4.38. The van der Waals surface area contributed by atoms with Gasteiger partial charge in [-0.25, -0.2) is 0 Å². The van der Waals surface area contributed by atoms with Crippen LogP contribution in [0, 0.1) is 0 Å². The van der Waals surface area contributed by atoms with E-state index in [4.69, 9.17) is 10.5 Å². The predicted molar refractivity (Wildman–Crippen MR) is 45.5 cm³/mol. The fourth-order valence-electron chi connectivity index (χ4n) is 1.22. The van der Waals surface area contributed by atoms with Gasteiger partial charge in [0.2, 0.25) is 0 Å². The summed E-state index contributed by atoms with van der Waals surface area (Å²) in [6.07, 6.45) is 2.84. The van der Waals surface area contributed by atoms with E-state index >= 15 is 0 Å². The maximum Gasteiger partial charge on any atom is 0.0700 e. The predicted octanol–water partition coefficient (Wildman–Crippen LogP) is 0.102. The second-order valence-electron chi connectivity index (χ2n) is 3.18. The highest BCUT2D eigenvalue weighted by Gasteiger charge is 2.15. The Morgan fingerprint density at radius 1 is 1.73 bits per heavy atom. The van der Waals surface area contributed by atoms with Gasteiger partial charge in [0.25, 0.3) is 0 Å². The summed E-state index contributed by atoms with van der Waals surface area (Å²) < 4.78 is 5.44. The number of rotatable bonds is 4. The minimum absolute atomic E-state index is 0.416. The van der Waals surface area contributed by atoms with E-state index in [-0.39, 0.29) is 0 Å². The van der Waals surface area contributed by atoms with Gasteiger partial charge in [-0.1, -0.05) is 0 Å². The van der Waals surface area contributed by atoms with E-state index in [2.05, 4.69) is 12.2 Å². The molecule has 0 amide bonds. The zero-order chi connectivity index (χ0) is 8.10. The summed E-state index contributed by atoms with van der Waals surface area (Å²) in [6.45, 7) is 4.68. The molecule has 0 aromatic rings. The second-order valence-corrected chi connectivity index (χ2v) is 3.18. The third kappa shape index (κ3) is 3.18. The third-order valence-corrected chi connectivity index (χ3v) is 2.07. The molecule has 1 aliphatic rings. The van der Waals surface area contributed by atoms with Crippen LogP contribution in [0.2, 0.25) is 0 Å². The van der Waals surface area contributed by atoms with Gasteiger partial charge in [0.15, 0.2) is 0 Å². The van der Waals surface area contributed by atoms with Crippen LogP contribution in [0.5, 0.6) is 0 Å². The van der Waals surface area contributed by atoms with Crippen molar-refractivity contribution in [3.8, 4) is 0 Å².